The van der Waals surface area contributed by atoms with E-state index in [-0.39, 0.29) is 11.5 Å². The molecular formula is C22H24N6O2. The minimum Gasteiger partial charge on any atom is -0.492 e. The number of nitrogens with zero attached hydrogens (tertiary/aromatic N) is 5. The number of aromatic nitrogens is 3. The highest BCUT2D eigenvalue weighted by Crippen LogP contribution is 2.43. The number of fused-ring (bicyclic) bond motifs is 2. The second kappa shape index (κ2) is 6.42. The van der Waals surface area contributed by atoms with Gasteiger partial charge in [-0.2, -0.15) is 5.10 Å². The molecule has 0 radical (unpaired) electrons. The first kappa shape index (κ1) is 17.7. The summed E-state index contributed by atoms with van der Waals surface area (Å²) in [7, 11) is 0. The van der Waals surface area contributed by atoms with Gasteiger partial charge in [0.2, 0.25) is 0 Å². The maximum atomic E-state index is 6.21. The number of aryl methyl sites for hydroxylation is 1. The molecule has 1 fully saturated rings. The van der Waals surface area contributed by atoms with E-state index < -0.39 is 0 Å². The molecule has 30 heavy (non-hydrogen) atoms. The van der Waals surface area contributed by atoms with E-state index in [1.807, 2.05) is 13.0 Å². The molecular weight excluding hydrogens is 380 g/mol. The summed E-state index contributed by atoms with van der Waals surface area (Å²) < 4.78 is 11.9. The van der Waals surface area contributed by atoms with Gasteiger partial charge in [0, 0.05) is 38.1 Å². The van der Waals surface area contributed by atoms with E-state index >= 15 is 0 Å². The largest absolute Gasteiger partial charge is 0.492 e. The van der Waals surface area contributed by atoms with Crippen molar-refractivity contribution in [2.75, 3.05) is 11.4 Å². The standard InChI is InChI=1S/C22H24N6O2/c1-13-25-18-11-28(8-5-19(18)29-13)20-10-17(23-12-24-20)21-15-9-14(30-22(2)6-7-22)3-4-16(15)26-27-21/h3-4,10,12,15,26H,5-9,11H2,1-2H3/t15-/m0/s1. The van der Waals surface area contributed by atoms with Crippen LogP contribution in [0.15, 0.2) is 45.5 Å². The molecule has 2 aliphatic heterocycles. The molecule has 2 aromatic heterocycles. The normalized spacial score (nSPS) is 23.6. The second-order valence-electron chi connectivity index (χ2n) is 8.71. The van der Waals surface area contributed by atoms with Gasteiger partial charge in [-0.15, -0.1) is 0 Å². The van der Waals surface area contributed by atoms with Crippen LogP contribution in [0.1, 0.15) is 49.2 Å². The van der Waals surface area contributed by atoms with Crippen molar-refractivity contribution in [1.29, 1.82) is 0 Å². The van der Waals surface area contributed by atoms with Gasteiger partial charge in [0.25, 0.3) is 0 Å². The third-order valence-corrected chi connectivity index (χ3v) is 6.27. The van der Waals surface area contributed by atoms with Gasteiger partial charge < -0.3 is 14.1 Å². The van der Waals surface area contributed by atoms with Crippen LogP contribution in [0.25, 0.3) is 0 Å². The first-order chi connectivity index (χ1) is 14.6. The Morgan fingerprint density at radius 2 is 2.17 bits per heavy atom. The van der Waals surface area contributed by atoms with Crippen LogP contribution in [0.5, 0.6) is 0 Å². The lowest BCUT2D eigenvalue weighted by Gasteiger charge is -2.26. The summed E-state index contributed by atoms with van der Waals surface area (Å²) in [4.78, 5) is 15.8. The molecule has 1 N–H and O–H groups in total. The number of oxazole rings is 1. The van der Waals surface area contributed by atoms with Crippen LogP contribution >= 0.6 is 0 Å². The minimum atomic E-state index is 0.0230. The smallest absolute Gasteiger partial charge is 0.191 e. The molecule has 1 saturated carbocycles. The third kappa shape index (κ3) is 3.07. The number of anilines is 1. The van der Waals surface area contributed by atoms with Crippen LogP contribution < -0.4 is 10.3 Å². The number of allylic oxidation sites excluding steroid dienone is 4. The Kier molecular flexibility index (Phi) is 3.78. The van der Waals surface area contributed by atoms with Crippen LogP contribution in [0.3, 0.4) is 0 Å². The lowest BCUT2D eigenvalue weighted by atomic mass is 9.90. The lowest BCUT2D eigenvalue weighted by Crippen LogP contribution is -2.31. The fourth-order valence-electron chi connectivity index (χ4n) is 4.33. The second-order valence-corrected chi connectivity index (χ2v) is 8.71. The first-order valence-electron chi connectivity index (χ1n) is 10.5. The SMILES string of the molecule is Cc1nc2c(o1)CCN(c1cc(C3=NNC4=CC=C(OC5(C)CC5)C[C@@H]43)ncn1)C2. The molecule has 6 rings (SSSR count). The van der Waals surface area contributed by atoms with Crippen LogP contribution in [0.2, 0.25) is 0 Å². The zero-order valence-corrected chi connectivity index (χ0v) is 17.2. The highest BCUT2D eigenvalue weighted by molar-refractivity contribution is 6.04. The molecule has 2 aromatic rings. The molecule has 0 bridgehead atoms. The summed E-state index contributed by atoms with van der Waals surface area (Å²) in [5.74, 6) is 3.77. The Bertz CT molecular complexity index is 1110. The highest BCUT2D eigenvalue weighted by atomic mass is 16.5. The van der Waals surface area contributed by atoms with Gasteiger partial charge in [0.15, 0.2) is 5.89 Å². The number of ether oxygens (including phenoxy) is 1. The Hall–Kier alpha value is -3.16. The van der Waals surface area contributed by atoms with E-state index in [9.17, 15) is 0 Å². The van der Waals surface area contributed by atoms with E-state index in [0.29, 0.717) is 6.54 Å². The van der Waals surface area contributed by atoms with Crippen molar-refractivity contribution in [3.63, 3.8) is 0 Å². The van der Waals surface area contributed by atoms with Crippen LogP contribution in [-0.2, 0) is 17.7 Å². The van der Waals surface area contributed by atoms with Crippen molar-refractivity contribution in [2.45, 2.75) is 51.7 Å². The Morgan fingerprint density at radius 3 is 3.03 bits per heavy atom. The Labute approximate surface area is 174 Å². The molecule has 154 valence electrons. The number of rotatable bonds is 4. The van der Waals surface area contributed by atoms with Crippen LogP contribution in [0.4, 0.5) is 5.82 Å². The summed E-state index contributed by atoms with van der Waals surface area (Å²) in [6, 6.07) is 2.03. The van der Waals surface area contributed by atoms with E-state index in [1.54, 1.807) is 6.33 Å². The van der Waals surface area contributed by atoms with E-state index in [4.69, 9.17) is 9.15 Å². The van der Waals surface area contributed by atoms with Crippen molar-refractivity contribution < 1.29 is 9.15 Å². The summed E-state index contributed by atoms with van der Waals surface area (Å²) in [6.45, 7) is 5.60. The third-order valence-electron chi connectivity index (χ3n) is 6.27. The van der Waals surface area contributed by atoms with Gasteiger partial charge in [-0.05, 0) is 31.9 Å². The average molecular weight is 404 g/mol. The number of hydrazone groups is 1. The number of hydrogen-bond donors (Lipinski definition) is 1. The van der Waals surface area contributed by atoms with Gasteiger partial charge in [-0.3, -0.25) is 5.43 Å². The van der Waals surface area contributed by atoms with Gasteiger partial charge in [-0.25, -0.2) is 15.0 Å². The Balaban J connectivity index is 1.23. The molecule has 8 heteroatoms. The average Bonchev–Trinajstić information content (AvgIpc) is 3.16. The molecule has 0 saturated heterocycles. The van der Waals surface area contributed by atoms with E-state index in [1.165, 1.54) is 0 Å². The van der Waals surface area contributed by atoms with Crippen LogP contribution in [-0.4, -0.2) is 32.8 Å². The van der Waals surface area contributed by atoms with Crippen LogP contribution in [0, 0.1) is 12.8 Å². The number of hydrogen-bond acceptors (Lipinski definition) is 8. The number of nitrogens with one attached hydrogen (secondary N) is 1. The predicted molar refractivity (Wildman–Crippen MR) is 111 cm³/mol. The molecule has 0 aromatic carbocycles. The first-order valence-corrected chi connectivity index (χ1v) is 10.5. The molecule has 8 nitrogen and oxygen atoms in total. The molecule has 0 unspecified atom stereocenters. The van der Waals surface area contributed by atoms with Crippen molar-refractivity contribution in [3.05, 3.63) is 59.0 Å². The summed E-state index contributed by atoms with van der Waals surface area (Å²) in [5, 5.41) is 4.60. The van der Waals surface area contributed by atoms with Crippen molar-refractivity contribution in [1.82, 2.24) is 20.4 Å². The minimum absolute atomic E-state index is 0.0230. The monoisotopic (exact) mass is 404 g/mol. The van der Waals surface area contributed by atoms with Crippen molar-refractivity contribution in [2.24, 2.45) is 11.0 Å². The summed E-state index contributed by atoms with van der Waals surface area (Å²) in [5.41, 5.74) is 7.08. The Morgan fingerprint density at radius 1 is 1.27 bits per heavy atom. The summed E-state index contributed by atoms with van der Waals surface area (Å²) in [6.07, 6.45) is 9.66. The predicted octanol–water partition coefficient (Wildman–Crippen LogP) is 3.00. The maximum absolute atomic E-state index is 6.21. The van der Waals surface area contributed by atoms with Gasteiger partial charge >= 0.3 is 0 Å². The molecule has 1 atom stereocenters. The van der Waals surface area contributed by atoms with Crippen molar-refractivity contribution in [3.8, 4) is 0 Å². The fraction of sp³-hybridized carbons (Fsp3) is 0.455. The zero-order valence-electron chi connectivity index (χ0n) is 17.2. The van der Waals surface area contributed by atoms with Gasteiger partial charge in [0.05, 0.1) is 29.6 Å². The molecule has 0 spiro atoms. The molecule has 4 heterocycles. The summed E-state index contributed by atoms with van der Waals surface area (Å²) >= 11 is 0. The van der Waals surface area contributed by atoms with Gasteiger partial charge in [0.1, 0.15) is 29.2 Å². The molecule has 0 amide bonds. The maximum Gasteiger partial charge on any atom is 0.191 e. The van der Waals surface area contributed by atoms with E-state index in [0.717, 1.165) is 78.3 Å². The quantitative estimate of drug-likeness (QED) is 0.838. The lowest BCUT2D eigenvalue weighted by molar-refractivity contribution is 0.101. The molecule has 4 aliphatic rings. The molecule has 2 aliphatic carbocycles. The van der Waals surface area contributed by atoms with E-state index in [2.05, 4.69) is 49.5 Å². The van der Waals surface area contributed by atoms with Crippen molar-refractivity contribution >= 4 is 11.5 Å². The highest BCUT2D eigenvalue weighted by Gasteiger charge is 2.42. The topological polar surface area (TPSA) is 88.7 Å². The zero-order chi connectivity index (χ0) is 20.3. The van der Waals surface area contributed by atoms with Gasteiger partial charge in [-0.1, -0.05) is 0 Å². The fourth-order valence-corrected chi connectivity index (χ4v) is 4.33.